The molecule has 1 fully saturated rings. The first-order valence-corrected chi connectivity index (χ1v) is 18.4. The lowest BCUT2D eigenvalue weighted by molar-refractivity contribution is -0.141. The van der Waals surface area contributed by atoms with Gasteiger partial charge in [-0.05, 0) is 64.4 Å². The summed E-state index contributed by atoms with van der Waals surface area (Å²) < 4.78 is 103. The van der Waals surface area contributed by atoms with E-state index in [1.54, 1.807) is 48.5 Å². The van der Waals surface area contributed by atoms with Gasteiger partial charge in [-0.3, -0.25) is 14.2 Å². The number of hydrogen-bond donors (Lipinski definition) is 2. The molecule has 2 aliphatic rings. The molecule has 274 valence electrons. The average molecular weight is 745 g/mol. The van der Waals surface area contributed by atoms with Crippen molar-refractivity contribution in [2.24, 2.45) is 0 Å². The Morgan fingerprint density at radius 2 is 1.29 bits per heavy atom. The molecule has 0 bridgehead atoms. The SMILES string of the molecule is O=C(N[C@H]1CO[P@](=O)(CCCCCC2(C(=O)NCC(F)(F)F)c3ccccc3-c3ccccc32)OC1)c1ccccc1-c1ccc(C(F)(F)F)cc1. The molecule has 4 aromatic carbocycles. The van der Waals surface area contributed by atoms with Gasteiger partial charge in [0.25, 0.3) is 5.91 Å². The summed E-state index contributed by atoms with van der Waals surface area (Å²) >= 11 is 0. The molecule has 1 heterocycles. The zero-order valence-corrected chi connectivity index (χ0v) is 28.6. The number of nitrogens with one attached hydrogen (secondary N) is 2. The summed E-state index contributed by atoms with van der Waals surface area (Å²) in [7, 11) is -3.53. The minimum Gasteiger partial charge on any atom is -0.346 e. The van der Waals surface area contributed by atoms with E-state index >= 15 is 0 Å². The van der Waals surface area contributed by atoms with Gasteiger partial charge < -0.3 is 19.7 Å². The van der Waals surface area contributed by atoms with Crippen molar-refractivity contribution < 1.29 is 49.5 Å². The van der Waals surface area contributed by atoms with Crippen molar-refractivity contribution in [3.05, 3.63) is 119 Å². The van der Waals surface area contributed by atoms with Crippen molar-refractivity contribution in [2.75, 3.05) is 25.9 Å². The van der Waals surface area contributed by atoms with Crippen LogP contribution in [0.4, 0.5) is 26.3 Å². The third-order valence-electron chi connectivity index (χ3n) is 9.36. The Bertz CT molecular complexity index is 1920. The van der Waals surface area contributed by atoms with Crippen LogP contribution in [0.5, 0.6) is 0 Å². The molecule has 2 amide bonds. The number of benzene rings is 4. The molecule has 4 aromatic rings. The van der Waals surface area contributed by atoms with Crippen LogP contribution in [0.3, 0.4) is 0 Å². The second-order valence-corrected chi connectivity index (χ2v) is 15.0. The third-order valence-corrected chi connectivity index (χ3v) is 11.3. The molecule has 0 atom stereocenters. The molecule has 7 nitrogen and oxygen atoms in total. The third kappa shape index (κ3) is 7.96. The zero-order chi connectivity index (χ0) is 37.1. The highest BCUT2D eigenvalue weighted by Gasteiger charge is 2.49. The normalized spacial score (nSPS) is 19.4. The van der Waals surface area contributed by atoms with E-state index in [0.29, 0.717) is 41.5 Å². The number of amides is 2. The number of unbranched alkanes of at least 4 members (excludes halogenated alkanes) is 2. The first kappa shape index (κ1) is 37.3. The van der Waals surface area contributed by atoms with Crippen LogP contribution in [0.25, 0.3) is 22.3 Å². The number of hydrogen-bond acceptors (Lipinski definition) is 5. The number of rotatable bonds is 11. The van der Waals surface area contributed by atoms with Gasteiger partial charge in [-0.2, -0.15) is 26.3 Å². The van der Waals surface area contributed by atoms with Gasteiger partial charge in [-0.1, -0.05) is 91.7 Å². The predicted octanol–water partition coefficient (Wildman–Crippen LogP) is 8.92. The summed E-state index contributed by atoms with van der Waals surface area (Å²) in [4.78, 5) is 26.9. The van der Waals surface area contributed by atoms with Gasteiger partial charge in [-0.15, -0.1) is 0 Å². The molecule has 0 spiro atoms. The number of carbonyl (C=O) groups is 2. The molecule has 1 saturated heterocycles. The van der Waals surface area contributed by atoms with Crippen molar-refractivity contribution in [2.45, 2.75) is 49.5 Å². The van der Waals surface area contributed by atoms with Gasteiger partial charge in [0.1, 0.15) is 12.0 Å². The van der Waals surface area contributed by atoms with E-state index in [1.165, 1.54) is 12.1 Å². The molecule has 52 heavy (non-hydrogen) atoms. The molecule has 0 unspecified atom stereocenters. The Morgan fingerprint density at radius 3 is 1.87 bits per heavy atom. The van der Waals surface area contributed by atoms with Gasteiger partial charge in [0.05, 0.1) is 31.0 Å². The Morgan fingerprint density at radius 1 is 0.731 bits per heavy atom. The minimum atomic E-state index is -4.58. The van der Waals surface area contributed by atoms with Crippen LogP contribution in [-0.4, -0.2) is 50.0 Å². The number of halogens is 6. The van der Waals surface area contributed by atoms with E-state index in [1.807, 2.05) is 24.3 Å². The van der Waals surface area contributed by atoms with Crippen LogP contribution in [-0.2, 0) is 30.0 Å². The van der Waals surface area contributed by atoms with Gasteiger partial charge >= 0.3 is 19.9 Å². The van der Waals surface area contributed by atoms with Crippen LogP contribution < -0.4 is 10.6 Å². The standard InChI is InChI=1S/C38H35F6N2O5P/c39-37(40,41)24-45-35(48)36(32-14-6-4-11-29(32)30-12-5-7-15-33(30)36)20-8-1-9-21-52(49)50-22-27(23-51-52)46-34(47)31-13-3-2-10-28(31)25-16-18-26(19-17-25)38(42,43)44/h2-7,10-19,27H,1,8-9,20-24H2,(H,45,48)(H,46,47)/t27-,52+. The van der Waals surface area contributed by atoms with Crippen LogP contribution in [0.15, 0.2) is 97.1 Å². The second-order valence-electron chi connectivity index (χ2n) is 12.8. The highest BCUT2D eigenvalue weighted by atomic mass is 31.2. The molecular formula is C38H35F6N2O5P. The molecule has 1 aliphatic carbocycles. The van der Waals surface area contributed by atoms with E-state index in [4.69, 9.17) is 9.05 Å². The summed E-state index contributed by atoms with van der Waals surface area (Å²) in [5.41, 5.74) is 1.80. The van der Waals surface area contributed by atoms with Crippen molar-refractivity contribution >= 4 is 19.4 Å². The Labute approximate surface area is 296 Å². The average Bonchev–Trinajstić information content (AvgIpc) is 3.41. The van der Waals surface area contributed by atoms with Crippen LogP contribution >= 0.6 is 7.60 Å². The fourth-order valence-electron chi connectivity index (χ4n) is 6.90. The van der Waals surface area contributed by atoms with Gasteiger partial charge in [0.2, 0.25) is 5.91 Å². The molecular weight excluding hydrogens is 709 g/mol. The monoisotopic (exact) mass is 744 g/mol. The maximum atomic E-state index is 13.7. The summed E-state index contributed by atoms with van der Waals surface area (Å²) in [6.45, 7) is -1.65. The lowest BCUT2D eigenvalue weighted by Gasteiger charge is -2.31. The largest absolute Gasteiger partial charge is 0.416 e. The Hall–Kier alpha value is -4.45. The fourth-order valence-corrected chi connectivity index (χ4v) is 8.65. The highest BCUT2D eigenvalue weighted by molar-refractivity contribution is 7.53. The van der Waals surface area contributed by atoms with E-state index in [2.05, 4.69) is 10.6 Å². The van der Waals surface area contributed by atoms with Crippen LogP contribution in [0, 0.1) is 0 Å². The first-order valence-electron chi connectivity index (χ1n) is 16.7. The van der Waals surface area contributed by atoms with E-state index in [0.717, 1.165) is 23.3 Å². The van der Waals surface area contributed by atoms with Crippen molar-refractivity contribution in [3.63, 3.8) is 0 Å². The zero-order valence-electron chi connectivity index (χ0n) is 27.7. The summed E-state index contributed by atoms with van der Waals surface area (Å²) in [6.07, 6.45) is -7.49. The lowest BCUT2D eigenvalue weighted by Crippen LogP contribution is -2.47. The minimum absolute atomic E-state index is 0.0604. The molecule has 14 heteroatoms. The molecule has 1 aliphatic heterocycles. The molecule has 2 N–H and O–H groups in total. The summed E-state index contributed by atoms with van der Waals surface area (Å²) in [5, 5.41) is 4.89. The Kier molecular flexibility index (Phi) is 10.7. The highest BCUT2D eigenvalue weighted by Crippen LogP contribution is 2.53. The maximum Gasteiger partial charge on any atom is 0.416 e. The van der Waals surface area contributed by atoms with Gasteiger partial charge in [-0.25, -0.2) is 0 Å². The van der Waals surface area contributed by atoms with Crippen LogP contribution in [0.2, 0.25) is 0 Å². The maximum absolute atomic E-state index is 13.7. The van der Waals surface area contributed by atoms with Crippen molar-refractivity contribution in [1.82, 2.24) is 10.6 Å². The molecule has 0 aromatic heterocycles. The second kappa shape index (κ2) is 14.9. The lowest BCUT2D eigenvalue weighted by atomic mass is 9.73. The fraction of sp³-hybridized carbons (Fsp3) is 0.316. The van der Waals surface area contributed by atoms with Gasteiger partial charge in [0.15, 0.2) is 0 Å². The summed E-state index contributed by atoms with van der Waals surface area (Å²) in [6, 6.07) is 24.7. The summed E-state index contributed by atoms with van der Waals surface area (Å²) in [5.74, 6) is -1.24. The molecule has 0 saturated carbocycles. The predicted molar refractivity (Wildman–Crippen MR) is 183 cm³/mol. The van der Waals surface area contributed by atoms with E-state index in [9.17, 15) is 40.5 Å². The number of fused-ring (bicyclic) bond motifs is 3. The number of carbonyl (C=O) groups excluding carboxylic acids is 2. The van der Waals surface area contributed by atoms with Crippen molar-refractivity contribution in [1.29, 1.82) is 0 Å². The van der Waals surface area contributed by atoms with E-state index < -0.39 is 55.3 Å². The number of alkyl halides is 6. The van der Waals surface area contributed by atoms with Crippen molar-refractivity contribution in [3.8, 4) is 22.3 Å². The van der Waals surface area contributed by atoms with Crippen LogP contribution in [0.1, 0.15) is 52.7 Å². The molecule has 0 radical (unpaired) electrons. The topological polar surface area (TPSA) is 93.7 Å². The Balaban J connectivity index is 1.04. The quantitative estimate of drug-likeness (QED) is 0.0910. The smallest absolute Gasteiger partial charge is 0.346 e. The first-order chi connectivity index (χ1) is 24.7. The molecule has 6 rings (SSSR count). The van der Waals surface area contributed by atoms with E-state index in [-0.39, 0.29) is 31.4 Å². The van der Waals surface area contributed by atoms with Gasteiger partial charge in [0, 0.05) is 5.56 Å².